The zero-order valence-electron chi connectivity index (χ0n) is 18.0. The van der Waals surface area contributed by atoms with Crippen LogP contribution in [-0.4, -0.2) is 47.4 Å². The number of benzene rings is 2. The number of aromatic amines is 1. The van der Waals surface area contributed by atoms with Crippen molar-refractivity contribution in [1.29, 1.82) is 0 Å². The summed E-state index contributed by atoms with van der Waals surface area (Å²) in [6.45, 7) is 5.94. The van der Waals surface area contributed by atoms with Crippen LogP contribution in [-0.2, 0) is 10.3 Å². The lowest BCUT2D eigenvalue weighted by molar-refractivity contribution is 0.0296. The number of anilines is 1. The van der Waals surface area contributed by atoms with E-state index >= 15 is 0 Å². The van der Waals surface area contributed by atoms with E-state index in [0.717, 1.165) is 10.0 Å². The first-order valence-corrected chi connectivity index (χ1v) is 12.0. The molecular formula is C23H21BrCl2N4O3. The van der Waals surface area contributed by atoms with E-state index in [1.54, 1.807) is 23.2 Å². The number of nitrogens with zero attached hydrogens (tertiary/aromatic N) is 3. The van der Waals surface area contributed by atoms with Crippen LogP contribution in [0.15, 0.2) is 40.9 Å². The lowest BCUT2D eigenvalue weighted by Crippen LogP contribution is -2.52. The highest BCUT2D eigenvalue weighted by atomic mass is 79.9. The number of hydrogen-bond acceptors (Lipinski definition) is 5. The number of nitrogens with one attached hydrogen (secondary N) is 1. The Morgan fingerprint density at radius 3 is 2.67 bits per heavy atom. The van der Waals surface area contributed by atoms with Crippen molar-refractivity contribution in [2.24, 2.45) is 0 Å². The second kappa shape index (κ2) is 8.60. The van der Waals surface area contributed by atoms with Crippen LogP contribution in [0.1, 0.15) is 29.9 Å². The molecule has 7 nitrogen and oxygen atoms in total. The molecule has 33 heavy (non-hydrogen) atoms. The maximum absolute atomic E-state index is 14.1. The van der Waals surface area contributed by atoms with Crippen molar-refractivity contribution in [3.63, 3.8) is 0 Å². The number of carbonyl (C=O) groups is 1. The predicted octanol–water partition coefficient (Wildman–Crippen LogP) is 5.67. The van der Waals surface area contributed by atoms with E-state index in [4.69, 9.17) is 32.7 Å². The van der Waals surface area contributed by atoms with Gasteiger partial charge in [-0.1, -0.05) is 39.1 Å². The second-order valence-electron chi connectivity index (χ2n) is 8.35. The van der Waals surface area contributed by atoms with Crippen molar-refractivity contribution in [3.05, 3.63) is 62.2 Å². The zero-order chi connectivity index (χ0) is 23.3. The smallest absolute Gasteiger partial charge is 0.291 e. The normalized spacial score (nSPS) is 17.1. The Bertz CT molecular complexity index is 1240. The van der Waals surface area contributed by atoms with E-state index in [9.17, 15) is 4.79 Å². The molecule has 1 aromatic heterocycles. The van der Waals surface area contributed by atoms with Crippen molar-refractivity contribution in [1.82, 2.24) is 15.2 Å². The van der Waals surface area contributed by atoms with Gasteiger partial charge in [-0.15, -0.1) is 0 Å². The molecule has 3 aromatic rings. The molecule has 5 rings (SSSR count). The Morgan fingerprint density at radius 2 is 1.94 bits per heavy atom. The average molecular weight is 552 g/mol. The highest BCUT2D eigenvalue weighted by Gasteiger charge is 2.41. The van der Waals surface area contributed by atoms with Crippen molar-refractivity contribution < 1.29 is 14.3 Å². The quantitative estimate of drug-likeness (QED) is 0.454. The molecule has 1 saturated heterocycles. The van der Waals surface area contributed by atoms with Crippen LogP contribution < -0.4 is 9.75 Å². The average Bonchev–Trinajstić information content (AvgIpc) is 3.24. The number of fused-ring (bicyclic) bond motifs is 3. The fourth-order valence-corrected chi connectivity index (χ4v) is 5.13. The van der Waals surface area contributed by atoms with Gasteiger partial charge in [0.15, 0.2) is 0 Å². The van der Waals surface area contributed by atoms with E-state index in [1.165, 1.54) is 0 Å². The molecule has 1 N–H and O–H groups in total. The first kappa shape index (κ1) is 22.7. The maximum atomic E-state index is 14.1. The predicted molar refractivity (Wildman–Crippen MR) is 131 cm³/mol. The lowest BCUT2D eigenvalue weighted by atomic mass is 9.89. The summed E-state index contributed by atoms with van der Waals surface area (Å²) in [7, 11) is 0. The van der Waals surface area contributed by atoms with Gasteiger partial charge in [0, 0.05) is 28.1 Å². The van der Waals surface area contributed by atoms with E-state index < -0.39 is 5.60 Å². The van der Waals surface area contributed by atoms with Gasteiger partial charge in [-0.2, -0.15) is 5.10 Å². The Kier molecular flexibility index (Phi) is 5.91. The first-order valence-electron chi connectivity index (χ1n) is 10.5. The van der Waals surface area contributed by atoms with Gasteiger partial charge in [0.1, 0.15) is 22.7 Å². The molecular weight excluding hydrogens is 531 g/mol. The van der Waals surface area contributed by atoms with Crippen molar-refractivity contribution in [3.8, 4) is 17.0 Å². The summed E-state index contributed by atoms with van der Waals surface area (Å²) < 4.78 is 12.7. The van der Waals surface area contributed by atoms with Gasteiger partial charge in [-0.25, -0.2) is 10.0 Å². The summed E-state index contributed by atoms with van der Waals surface area (Å²) in [4.78, 5) is 14.1. The number of morpholine rings is 1. The number of rotatable bonds is 3. The Morgan fingerprint density at radius 1 is 1.18 bits per heavy atom. The van der Waals surface area contributed by atoms with Crippen LogP contribution in [0.5, 0.6) is 5.75 Å². The van der Waals surface area contributed by atoms with E-state index in [-0.39, 0.29) is 5.91 Å². The first-order chi connectivity index (χ1) is 15.8. The van der Waals surface area contributed by atoms with Gasteiger partial charge in [0.2, 0.25) is 0 Å². The fraction of sp³-hybridized carbons (Fsp3) is 0.304. The number of hydrogen-bond donors (Lipinski definition) is 1. The van der Waals surface area contributed by atoms with E-state index in [0.29, 0.717) is 64.7 Å². The minimum absolute atomic E-state index is 0.287. The molecule has 3 heterocycles. The third kappa shape index (κ3) is 4.04. The standard InChI is InChI=1S/C23H21BrCl2N4O3/c1-23(2)19-20(15-11-13(24)3-6-18(15)33-23)27-28-21(19)22(31)30(29-7-9-32-10-8-29)17-5-4-14(25)12-16(17)26/h3-6,11-12H,7-10H2,1-2H3,(H,27,28). The van der Waals surface area contributed by atoms with Crippen molar-refractivity contribution in [2.45, 2.75) is 19.4 Å². The van der Waals surface area contributed by atoms with Gasteiger partial charge in [0.25, 0.3) is 5.91 Å². The molecule has 0 aliphatic carbocycles. The molecule has 2 aliphatic rings. The minimum atomic E-state index is -0.783. The number of amides is 1. The fourth-order valence-electron chi connectivity index (χ4n) is 4.28. The maximum Gasteiger partial charge on any atom is 0.291 e. The summed E-state index contributed by atoms with van der Waals surface area (Å²) in [5.74, 6) is 0.428. The topological polar surface area (TPSA) is 70.7 Å². The molecule has 0 saturated carbocycles. The third-order valence-corrected chi connectivity index (χ3v) is 6.78. The van der Waals surface area contributed by atoms with Gasteiger partial charge >= 0.3 is 0 Å². The van der Waals surface area contributed by atoms with Crippen molar-refractivity contribution in [2.75, 3.05) is 31.3 Å². The minimum Gasteiger partial charge on any atom is -0.482 e. The van der Waals surface area contributed by atoms with Gasteiger partial charge in [-0.3, -0.25) is 9.89 Å². The van der Waals surface area contributed by atoms with Crippen molar-refractivity contribution >= 4 is 50.7 Å². The van der Waals surface area contributed by atoms with Gasteiger partial charge in [0.05, 0.1) is 29.5 Å². The van der Waals surface area contributed by atoms with Crippen LogP contribution in [0.4, 0.5) is 5.69 Å². The van der Waals surface area contributed by atoms with Gasteiger partial charge < -0.3 is 9.47 Å². The monoisotopic (exact) mass is 550 g/mol. The molecule has 10 heteroatoms. The van der Waals surface area contributed by atoms with Crippen LogP contribution in [0.3, 0.4) is 0 Å². The number of hydrazine groups is 1. The molecule has 0 radical (unpaired) electrons. The summed E-state index contributed by atoms with van der Waals surface area (Å²) >= 11 is 16.2. The summed E-state index contributed by atoms with van der Waals surface area (Å²) in [6, 6.07) is 10.8. The highest BCUT2D eigenvalue weighted by Crippen LogP contribution is 2.46. The molecule has 0 bridgehead atoms. The highest BCUT2D eigenvalue weighted by molar-refractivity contribution is 9.10. The number of H-pyrrole nitrogens is 1. The Balaban J connectivity index is 1.64. The van der Waals surface area contributed by atoms with Gasteiger partial charge in [-0.05, 0) is 50.2 Å². The molecule has 0 unspecified atom stereocenters. The number of aromatic nitrogens is 2. The molecule has 172 valence electrons. The second-order valence-corrected chi connectivity index (χ2v) is 10.1. The molecule has 0 spiro atoms. The number of halogens is 3. The molecule has 2 aromatic carbocycles. The van der Waals surface area contributed by atoms with Crippen LogP contribution in [0, 0.1) is 0 Å². The SMILES string of the molecule is CC1(C)Oc2ccc(Br)cc2-c2n[nH]c(C(=O)N(c3ccc(Cl)cc3Cl)N3CCOCC3)c21. The molecule has 1 fully saturated rings. The summed E-state index contributed by atoms with van der Waals surface area (Å²) in [5.41, 5.74) is 2.30. The number of ether oxygens (including phenoxy) is 2. The Hall–Kier alpha value is -2.10. The summed E-state index contributed by atoms with van der Waals surface area (Å²) in [5, 5.41) is 11.9. The molecule has 1 amide bonds. The largest absolute Gasteiger partial charge is 0.482 e. The van der Waals surface area contributed by atoms with E-state index in [2.05, 4.69) is 26.1 Å². The zero-order valence-corrected chi connectivity index (χ0v) is 21.1. The lowest BCUT2D eigenvalue weighted by Gasteiger charge is -2.38. The van der Waals surface area contributed by atoms with Crippen LogP contribution in [0.25, 0.3) is 11.3 Å². The molecule has 0 atom stereocenters. The summed E-state index contributed by atoms with van der Waals surface area (Å²) in [6.07, 6.45) is 0. The molecule has 2 aliphatic heterocycles. The van der Waals surface area contributed by atoms with E-state index in [1.807, 2.05) is 37.1 Å². The number of carbonyl (C=O) groups excluding carboxylic acids is 1. The van der Waals surface area contributed by atoms with Crippen LogP contribution in [0.2, 0.25) is 10.0 Å². The van der Waals surface area contributed by atoms with Crippen LogP contribution >= 0.6 is 39.1 Å². The Labute approximate surface area is 209 Å². The third-order valence-electron chi connectivity index (χ3n) is 5.74.